The Labute approximate surface area is 202 Å². The number of esters is 1. The Kier molecular flexibility index (Phi) is 6.56. The molecule has 182 valence electrons. The molecule has 4 rings (SSSR count). The van der Waals surface area contributed by atoms with Crippen LogP contribution in [0.5, 0.6) is 11.5 Å². The standard InChI is InChI=1S/C23H21N3O8S/c1-5-33-22(28)19-12(2)24-23-25(20(19)13-6-8-15(31-3)16(10-13)32-4)21(27)17(35-23)11-14-7-9-18(34-14)26(29)30/h6-11,20H,5H2,1-4H3/b17-11+. The summed E-state index contributed by atoms with van der Waals surface area (Å²) in [5.74, 6) is 0.0254. The fourth-order valence-electron chi connectivity index (χ4n) is 3.78. The Bertz CT molecular complexity index is 1530. The number of benzene rings is 1. The first kappa shape index (κ1) is 24.0. The lowest BCUT2D eigenvalue weighted by Crippen LogP contribution is -2.39. The van der Waals surface area contributed by atoms with E-state index >= 15 is 0 Å². The third kappa shape index (κ3) is 4.35. The molecule has 0 saturated heterocycles. The maximum absolute atomic E-state index is 13.5. The Hall–Kier alpha value is -4.19. The molecule has 0 aliphatic carbocycles. The topological polar surface area (TPSA) is 135 Å². The van der Waals surface area contributed by atoms with Crippen molar-refractivity contribution in [3.05, 3.63) is 82.7 Å². The number of hydrogen-bond donors (Lipinski definition) is 0. The van der Waals surface area contributed by atoms with Crippen LogP contribution in [0.15, 0.2) is 55.8 Å². The molecule has 0 spiro atoms. The van der Waals surface area contributed by atoms with E-state index in [4.69, 9.17) is 18.6 Å². The molecule has 3 heterocycles. The molecular formula is C23H21N3O8S. The molecule has 1 unspecified atom stereocenters. The number of methoxy groups -OCH3 is 2. The van der Waals surface area contributed by atoms with Crippen LogP contribution in [0.1, 0.15) is 31.2 Å². The number of nitrogens with zero attached hydrogens (tertiary/aromatic N) is 3. The van der Waals surface area contributed by atoms with Gasteiger partial charge < -0.3 is 18.6 Å². The third-order valence-corrected chi connectivity index (χ3v) is 6.29. The normalized spacial score (nSPS) is 15.4. The monoisotopic (exact) mass is 499 g/mol. The Morgan fingerprint density at radius 1 is 1.26 bits per heavy atom. The zero-order chi connectivity index (χ0) is 25.3. The molecule has 0 radical (unpaired) electrons. The van der Waals surface area contributed by atoms with Crippen molar-refractivity contribution in [2.45, 2.75) is 19.9 Å². The van der Waals surface area contributed by atoms with E-state index < -0.39 is 28.4 Å². The Morgan fingerprint density at radius 3 is 2.63 bits per heavy atom. The first-order valence-corrected chi connectivity index (χ1v) is 11.3. The molecule has 1 atom stereocenters. The summed E-state index contributed by atoms with van der Waals surface area (Å²) in [5, 5.41) is 10.9. The van der Waals surface area contributed by atoms with E-state index in [9.17, 15) is 19.7 Å². The van der Waals surface area contributed by atoms with E-state index in [1.165, 1.54) is 37.0 Å². The van der Waals surface area contributed by atoms with Crippen LogP contribution in [-0.4, -0.2) is 36.3 Å². The number of nitro groups is 1. The minimum absolute atomic E-state index is 0.144. The molecule has 2 aromatic heterocycles. The second kappa shape index (κ2) is 9.58. The van der Waals surface area contributed by atoms with Gasteiger partial charge in [0.15, 0.2) is 16.3 Å². The van der Waals surface area contributed by atoms with E-state index in [-0.39, 0.29) is 22.5 Å². The fraction of sp³-hybridized carbons (Fsp3) is 0.261. The van der Waals surface area contributed by atoms with Crippen LogP contribution < -0.4 is 24.4 Å². The van der Waals surface area contributed by atoms with Crippen LogP contribution in [-0.2, 0) is 9.53 Å². The number of carbonyl (C=O) groups excluding carboxylic acids is 1. The molecule has 0 bridgehead atoms. The van der Waals surface area contributed by atoms with Gasteiger partial charge in [-0.3, -0.25) is 19.5 Å². The van der Waals surface area contributed by atoms with Gasteiger partial charge in [0.2, 0.25) is 0 Å². The second-order valence-electron chi connectivity index (χ2n) is 7.35. The maximum atomic E-state index is 13.5. The molecule has 1 aliphatic rings. The largest absolute Gasteiger partial charge is 0.493 e. The minimum Gasteiger partial charge on any atom is -0.493 e. The lowest BCUT2D eigenvalue weighted by atomic mass is 9.95. The number of aromatic nitrogens is 1. The van der Waals surface area contributed by atoms with Crippen LogP contribution in [0.2, 0.25) is 0 Å². The first-order valence-electron chi connectivity index (χ1n) is 10.4. The molecule has 11 nitrogen and oxygen atoms in total. The van der Waals surface area contributed by atoms with Gasteiger partial charge in [-0.05, 0) is 37.6 Å². The molecule has 35 heavy (non-hydrogen) atoms. The van der Waals surface area contributed by atoms with Crippen molar-refractivity contribution < 1.29 is 28.3 Å². The van der Waals surface area contributed by atoms with Crippen molar-refractivity contribution in [3.63, 3.8) is 0 Å². The summed E-state index contributed by atoms with van der Waals surface area (Å²) in [5.41, 5.74) is 0.763. The summed E-state index contributed by atoms with van der Waals surface area (Å²) < 4.78 is 22.8. The van der Waals surface area contributed by atoms with Gasteiger partial charge in [0.05, 0.1) is 48.7 Å². The number of hydrogen-bond acceptors (Lipinski definition) is 10. The summed E-state index contributed by atoms with van der Waals surface area (Å²) in [4.78, 5) is 41.6. The van der Waals surface area contributed by atoms with Crippen molar-refractivity contribution in [2.24, 2.45) is 4.99 Å². The van der Waals surface area contributed by atoms with Gasteiger partial charge in [-0.1, -0.05) is 17.4 Å². The molecule has 0 N–H and O–H groups in total. The molecular weight excluding hydrogens is 478 g/mol. The van der Waals surface area contributed by atoms with Crippen LogP contribution in [0.25, 0.3) is 6.08 Å². The van der Waals surface area contributed by atoms with Crippen molar-refractivity contribution in [3.8, 4) is 11.5 Å². The lowest BCUT2D eigenvalue weighted by molar-refractivity contribution is -0.402. The van der Waals surface area contributed by atoms with E-state index in [2.05, 4.69) is 4.99 Å². The van der Waals surface area contributed by atoms with Gasteiger partial charge in [-0.2, -0.15) is 0 Å². The fourth-order valence-corrected chi connectivity index (χ4v) is 4.80. The second-order valence-corrected chi connectivity index (χ2v) is 8.36. The van der Waals surface area contributed by atoms with E-state index in [1.807, 2.05) is 0 Å². The highest BCUT2D eigenvalue weighted by Crippen LogP contribution is 2.36. The average Bonchev–Trinajstić information content (AvgIpc) is 3.42. The Morgan fingerprint density at radius 2 is 2.00 bits per heavy atom. The summed E-state index contributed by atoms with van der Waals surface area (Å²) in [7, 11) is 3.00. The van der Waals surface area contributed by atoms with E-state index in [0.29, 0.717) is 27.6 Å². The quantitative estimate of drug-likeness (QED) is 0.275. The van der Waals surface area contributed by atoms with Crippen LogP contribution >= 0.6 is 11.3 Å². The summed E-state index contributed by atoms with van der Waals surface area (Å²) >= 11 is 1.08. The molecule has 0 saturated carbocycles. The van der Waals surface area contributed by atoms with Crippen LogP contribution in [0, 0.1) is 10.1 Å². The first-order chi connectivity index (χ1) is 16.8. The highest BCUT2D eigenvalue weighted by molar-refractivity contribution is 7.07. The molecule has 3 aromatic rings. The number of allylic oxidation sites excluding steroid dienone is 1. The van der Waals surface area contributed by atoms with E-state index in [1.54, 1.807) is 32.0 Å². The predicted octanol–water partition coefficient (Wildman–Crippen LogP) is 2.32. The number of ether oxygens (including phenoxy) is 3. The van der Waals surface area contributed by atoms with Crippen LogP contribution in [0.4, 0.5) is 5.88 Å². The van der Waals surface area contributed by atoms with E-state index in [0.717, 1.165) is 11.3 Å². The number of carbonyl (C=O) groups is 1. The summed E-state index contributed by atoms with van der Waals surface area (Å²) in [6.07, 6.45) is 1.41. The highest BCUT2D eigenvalue weighted by Gasteiger charge is 2.34. The van der Waals surface area contributed by atoms with Gasteiger partial charge in [0.25, 0.3) is 5.56 Å². The smallest absolute Gasteiger partial charge is 0.433 e. The van der Waals surface area contributed by atoms with Gasteiger partial charge in [0, 0.05) is 6.08 Å². The summed E-state index contributed by atoms with van der Waals surface area (Å²) in [6, 6.07) is 6.86. The number of rotatable bonds is 7. The van der Waals surface area contributed by atoms with Gasteiger partial charge in [-0.15, -0.1) is 0 Å². The number of furan rings is 1. The number of thiazole rings is 1. The van der Waals surface area contributed by atoms with Crippen molar-refractivity contribution in [2.75, 3.05) is 20.8 Å². The summed E-state index contributed by atoms with van der Waals surface area (Å²) in [6.45, 7) is 3.51. The molecule has 0 fully saturated rings. The van der Waals surface area contributed by atoms with Gasteiger partial charge >= 0.3 is 11.9 Å². The molecule has 12 heteroatoms. The minimum atomic E-state index is -0.849. The van der Waals surface area contributed by atoms with Gasteiger partial charge in [-0.25, -0.2) is 9.79 Å². The van der Waals surface area contributed by atoms with Gasteiger partial charge in [0.1, 0.15) is 10.7 Å². The van der Waals surface area contributed by atoms with Crippen molar-refractivity contribution in [1.29, 1.82) is 0 Å². The maximum Gasteiger partial charge on any atom is 0.433 e. The molecule has 1 aromatic carbocycles. The predicted molar refractivity (Wildman–Crippen MR) is 125 cm³/mol. The van der Waals surface area contributed by atoms with Crippen molar-refractivity contribution >= 4 is 29.3 Å². The Balaban J connectivity index is 1.95. The zero-order valence-corrected chi connectivity index (χ0v) is 20.1. The SMILES string of the molecule is CCOC(=O)C1=C(C)N=c2s/c(=C/c3ccc([N+](=O)[O-])o3)c(=O)n2C1c1ccc(OC)c(OC)c1. The molecule has 0 amide bonds. The third-order valence-electron chi connectivity index (χ3n) is 5.31. The van der Waals surface area contributed by atoms with Crippen LogP contribution in [0.3, 0.4) is 0 Å². The van der Waals surface area contributed by atoms with Crippen molar-refractivity contribution in [1.82, 2.24) is 4.57 Å². The average molecular weight is 500 g/mol. The lowest BCUT2D eigenvalue weighted by Gasteiger charge is -2.25. The molecule has 1 aliphatic heterocycles. The highest BCUT2D eigenvalue weighted by atomic mass is 32.1. The zero-order valence-electron chi connectivity index (χ0n) is 19.3. The number of fused-ring (bicyclic) bond motifs is 1.